The molecule has 1 heterocycles. The van der Waals surface area contributed by atoms with E-state index in [1.807, 2.05) is 24.3 Å². The summed E-state index contributed by atoms with van der Waals surface area (Å²) in [5, 5.41) is 3.00. The first-order valence-electron chi connectivity index (χ1n) is 11.8. The standard InChI is InChI=1S/C29H31N3O2/c1-34-27-19-10-7-16-24(27)29(33)30-21-11-3-6-20-28-31-25-17-8-9-18-26(25)32(28)22-12-15-23-13-4-2-5-14-23/h2,4-5,7-10,12-19H,3,6,11,20-22H2,1H3,(H,30,33)/b15-12+. The maximum absolute atomic E-state index is 12.4. The van der Waals surface area contributed by atoms with Crippen molar-refractivity contribution in [2.24, 2.45) is 0 Å². The average molecular weight is 454 g/mol. The third kappa shape index (κ3) is 5.93. The number of ether oxygens (including phenoxy) is 1. The van der Waals surface area contributed by atoms with E-state index < -0.39 is 0 Å². The monoisotopic (exact) mass is 453 g/mol. The van der Waals surface area contributed by atoms with Gasteiger partial charge in [0.2, 0.25) is 0 Å². The quantitative estimate of drug-likeness (QED) is 0.288. The van der Waals surface area contributed by atoms with Crippen molar-refractivity contribution in [3.8, 4) is 5.75 Å². The number of nitrogens with one attached hydrogen (secondary N) is 1. The molecule has 3 aromatic carbocycles. The normalized spacial score (nSPS) is 11.2. The molecule has 174 valence electrons. The van der Waals surface area contributed by atoms with Crippen LogP contribution in [0.15, 0.2) is 84.9 Å². The third-order valence-electron chi connectivity index (χ3n) is 5.85. The van der Waals surface area contributed by atoms with Crippen molar-refractivity contribution < 1.29 is 9.53 Å². The molecule has 0 unspecified atom stereocenters. The molecule has 1 amide bonds. The zero-order valence-corrected chi connectivity index (χ0v) is 19.6. The first-order chi connectivity index (χ1) is 16.8. The van der Waals surface area contributed by atoms with E-state index in [9.17, 15) is 4.79 Å². The highest BCUT2D eigenvalue weighted by molar-refractivity contribution is 5.96. The Morgan fingerprint density at radius 3 is 2.56 bits per heavy atom. The Labute approximate surface area is 201 Å². The molecule has 4 rings (SSSR count). The minimum atomic E-state index is -0.0931. The molecule has 1 N–H and O–H groups in total. The molecule has 0 aliphatic heterocycles. The van der Waals surface area contributed by atoms with Gasteiger partial charge >= 0.3 is 0 Å². The molecule has 5 heteroatoms. The Morgan fingerprint density at radius 1 is 0.941 bits per heavy atom. The zero-order valence-electron chi connectivity index (χ0n) is 19.6. The Hall–Kier alpha value is -3.86. The number of hydrogen-bond donors (Lipinski definition) is 1. The number of methoxy groups -OCH3 is 1. The van der Waals surface area contributed by atoms with Gasteiger partial charge in [-0.3, -0.25) is 4.79 Å². The van der Waals surface area contributed by atoms with E-state index in [-0.39, 0.29) is 5.91 Å². The third-order valence-corrected chi connectivity index (χ3v) is 5.85. The molecular formula is C29H31N3O2. The second kappa shape index (κ2) is 11.8. The summed E-state index contributed by atoms with van der Waals surface area (Å²) in [6.07, 6.45) is 8.23. The van der Waals surface area contributed by atoms with Crippen molar-refractivity contribution >= 4 is 23.0 Å². The Balaban J connectivity index is 1.29. The van der Waals surface area contributed by atoms with Gasteiger partial charge in [0.1, 0.15) is 11.6 Å². The second-order valence-corrected chi connectivity index (χ2v) is 8.21. The van der Waals surface area contributed by atoms with Crippen molar-refractivity contribution in [1.29, 1.82) is 0 Å². The lowest BCUT2D eigenvalue weighted by Crippen LogP contribution is -2.24. The average Bonchev–Trinajstić information content (AvgIpc) is 3.24. The summed E-state index contributed by atoms with van der Waals surface area (Å²) in [4.78, 5) is 17.3. The van der Waals surface area contributed by atoms with Crippen LogP contribution in [0.5, 0.6) is 5.75 Å². The Bertz CT molecular complexity index is 1240. The number of allylic oxidation sites excluding steroid dienone is 1. The molecule has 0 saturated heterocycles. The van der Waals surface area contributed by atoms with Crippen LogP contribution in [0.1, 0.15) is 41.0 Å². The highest BCUT2D eigenvalue weighted by Crippen LogP contribution is 2.19. The number of para-hydroxylation sites is 3. The number of aryl methyl sites for hydroxylation is 1. The molecule has 1 aromatic heterocycles. The number of fused-ring (bicyclic) bond motifs is 1. The van der Waals surface area contributed by atoms with Crippen LogP contribution in [-0.4, -0.2) is 29.1 Å². The summed E-state index contributed by atoms with van der Waals surface area (Å²) < 4.78 is 7.58. The maximum atomic E-state index is 12.4. The number of unbranched alkanes of at least 4 members (excludes halogenated alkanes) is 2. The summed E-state index contributed by atoms with van der Waals surface area (Å²) in [6.45, 7) is 1.44. The summed E-state index contributed by atoms with van der Waals surface area (Å²) >= 11 is 0. The number of nitrogens with zero attached hydrogens (tertiary/aromatic N) is 2. The number of aromatic nitrogens is 2. The number of benzene rings is 3. The van der Waals surface area contributed by atoms with Crippen molar-refractivity contribution in [3.63, 3.8) is 0 Å². The van der Waals surface area contributed by atoms with Crippen molar-refractivity contribution in [2.75, 3.05) is 13.7 Å². The van der Waals surface area contributed by atoms with Crippen LogP contribution >= 0.6 is 0 Å². The van der Waals surface area contributed by atoms with E-state index in [4.69, 9.17) is 9.72 Å². The van der Waals surface area contributed by atoms with Crippen LogP contribution < -0.4 is 10.1 Å². The lowest BCUT2D eigenvalue weighted by atomic mass is 10.1. The Morgan fingerprint density at radius 2 is 1.71 bits per heavy atom. The van der Waals surface area contributed by atoms with Gasteiger partial charge in [-0.15, -0.1) is 0 Å². The van der Waals surface area contributed by atoms with Crippen LogP contribution in [0.25, 0.3) is 17.1 Å². The summed E-state index contributed by atoms with van der Waals surface area (Å²) in [7, 11) is 1.58. The van der Waals surface area contributed by atoms with E-state index >= 15 is 0 Å². The minimum absolute atomic E-state index is 0.0931. The van der Waals surface area contributed by atoms with Gasteiger partial charge in [-0.25, -0.2) is 4.98 Å². The largest absolute Gasteiger partial charge is 0.496 e. The van der Waals surface area contributed by atoms with Crippen molar-refractivity contribution in [3.05, 3.63) is 102 Å². The first kappa shape index (κ1) is 23.3. The van der Waals surface area contributed by atoms with E-state index in [0.29, 0.717) is 17.9 Å². The first-order valence-corrected chi connectivity index (χ1v) is 11.8. The van der Waals surface area contributed by atoms with Crippen LogP contribution in [0, 0.1) is 0 Å². The van der Waals surface area contributed by atoms with E-state index in [2.05, 4.69) is 64.5 Å². The molecule has 4 aromatic rings. The molecule has 0 spiro atoms. The summed E-state index contributed by atoms with van der Waals surface area (Å²) in [6, 6.07) is 25.9. The molecule has 0 saturated carbocycles. The molecule has 5 nitrogen and oxygen atoms in total. The fraction of sp³-hybridized carbons (Fsp3) is 0.241. The number of imidazole rings is 1. The molecule has 0 bridgehead atoms. The zero-order chi connectivity index (χ0) is 23.6. The van der Waals surface area contributed by atoms with Gasteiger partial charge < -0.3 is 14.6 Å². The molecule has 34 heavy (non-hydrogen) atoms. The van der Waals surface area contributed by atoms with Crippen LogP contribution in [0.2, 0.25) is 0 Å². The maximum Gasteiger partial charge on any atom is 0.255 e. The minimum Gasteiger partial charge on any atom is -0.496 e. The fourth-order valence-corrected chi connectivity index (χ4v) is 4.09. The Kier molecular flexibility index (Phi) is 8.12. The number of hydrogen-bond acceptors (Lipinski definition) is 3. The van der Waals surface area contributed by atoms with Gasteiger partial charge in [0.05, 0.1) is 23.7 Å². The molecule has 0 fully saturated rings. The molecule has 0 aliphatic rings. The van der Waals surface area contributed by atoms with Crippen LogP contribution in [0.3, 0.4) is 0 Å². The van der Waals surface area contributed by atoms with Crippen LogP contribution in [-0.2, 0) is 13.0 Å². The van der Waals surface area contributed by atoms with Gasteiger partial charge in [-0.05, 0) is 42.7 Å². The number of rotatable bonds is 11. The van der Waals surface area contributed by atoms with Gasteiger partial charge in [-0.1, -0.05) is 73.2 Å². The van der Waals surface area contributed by atoms with Gasteiger partial charge in [0, 0.05) is 19.5 Å². The smallest absolute Gasteiger partial charge is 0.255 e. The molecule has 0 aliphatic carbocycles. The van der Waals surface area contributed by atoms with Crippen LogP contribution in [0.4, 0.5) is 0 Å². The molecule has 0 atom stereocenters. The van der Waals surface area contributed by atoms with Crippen molar-refractivity contribution in [1.82, 2.24) is 14.9 Å². The highest BCUT2D eigenvalue weighted by atomic mass is 16.5. The summed E-state index contributed by atoms with van der Waals surface area (Å²) in [5.74, 6) is 1.61. The second-order valence-electron chi connectivity index (χ2n) is 8.21. The van der Waals surface area contributed by atoms with E-state index in [0.717, 1.165) is 43.6 Å². The van der Waals surface area contributed by atoms with E-state index in [1.165, 1.54) is 11.1 Å². The molecule has 0 radical (unpaired) electrons. The number of amides is 1. The van der Waals surface area contributed by atoms with Crippen molar-refractivity contribution in [2.45, 2.75) is 32.2 Å². The highest BCUT2D eigenvalue weighted by Gasteiger charge is 2.11. The lowest BCUT2D eigenvalue weighted by Gasteiger charge is -2.09. The predicted octanol–water partition coefficient (Wildman–Crippen LogP) is 5.90. The lowest BCUT2D eigenvalue weighted by molar-refractivity contribution is 0.0950. The summed E-state index contributed by atoms with van der Waals surface area (Å²) in [5.41, 5.74) is 3.97. The fourth-order valence-electron chi connectivity index (χ4n) is 4.09. The predicted molar refractivity (Wildman–Crippen MR) is 138 cm³/mol. The molecular weight excluding hydrogens is 422 g/mol. The topological polar surface area (TPSA) is 56.1 Å². The van der Waals surface area contributed by atoms with Gasteiger partial charge in [0.15, 0.2) is 0 Å². The van der Waals surface area contributed by atoms with E-state index in [1.54, 1.807) is 19.2 Å². The van der Waals surface area contributed by atoms with Gasteiger partial charge in [0.25, 0.3) is 5.91 Å². The number of carbonyl (C=O) groups is 1. The van der Waals surface area contributed by atoms with Gasteiger partial charge in [-0.2, -0.15) is 0 Å². The SMILES string of the molecule is COc1ccccc1C(=O)NCCCCCc1nc2ccccc2n1C/C=C/c1ccccc1. The number of carbonyl (C=O) groups excluding carboxylic acids is 1.